The molecule has 0 aliphatic heterocycles. The molecule has 3 heterocycles. The van der Waals surface area contributed by atoms with Crippen LogP contribution in [0, 0.1) is 0 Å². The van der Waals surface area contributed by atoms with Crippen LogP contribution in [0.2, 0.25) is 0 Å². The molecule has 2 N–H and O–H groups in total. The normalized spacial score (nSPS) is 12.2. The first-order valence-corrected chi connectivity index (χ1v) is 8.34. The van der Waals surface area contributed by atoms with Gasteiger partial charge in [0.1, 0.15) is 16.8 Å². The standard InChI is InChI=1S/C18H16N6O4/c1-10(11-3-5-13(28-2)6-4-11)24-15-14(8-20-24)21-18(22-16(15)25)23-9-12(7-19-23)17(26)27/h3-10H,1-2H3,(H,26,27)(H,21,22,25)/t10-/m0/s1. The molecule has 4 aromatic rings. The molecule has 0 amide bonds. The van der Waals surface area contributed by atoms with E-state index in [4.69, 9.17) is 9.84 Å². The van der Waals surface area contributed by atoms with Gasteiger partial charge in [-0.15, -0.1) is 0 Å². The number of methoxy groups -OCH3 is 1. The van der Waals surface area contributed by atoms with Gasteiger partial charge in [0, 0.05) is 6.20 Å². The number of aromatic carboxylic acids is 1. The number of carbonyl (C=O) groups is 1. The zero-order chi connectivity index (χ0) is 19.8. The monoisotopic (exact) mass is 380 g/mol. The van der Waals surface area contributed by atoms with Crippen molar-refractivity contribution >= 4 is 17.0 Å². The first-order chi connectivity index (χ1) is 13.5. The topological polar surface area (TPSA) is 128 Å². The van der Waals surface area contributed by atoms with Crippen molar-refractivity contribution in [1.29, 1.82) is 0 Å². The van der Waals surface area contributed by atoms with Crippen molar-refractivity contribution in [2.45, 2.75) is 13.0 Å². The number of carboxylic acids is 1. The number of fused-ring (bicyclic) bond motifs is 1. The molecule has 0 aliphatic rings. The number of rotatable bonds is 5. The van der Waals surface area contributed by atoms with E-state index < -0.39 is 5.97 Å². The Morgan fingerprint density at radius 3 is 2.54 bits per heavy atom. The summed E-state index contributed by atoms with van der Waals surface area (Å²) in [6, 6.07) is 7.35. The van der Waals surface area contributed by atoms with Gasteiger partial charge in [0.25, 0.3) is 5.95 Å². The van der Waals surface area contributed by atoms with E-state index in [2.05, 4.69) is 20.2 Å². The quantitative estimate of drug-likeness (QED) is 0.538. The average Bonchev–Trinajstić information content (AvgIpc) is 3.35. The van der Waals surface area contributed by atoms with Crippen molar-refractivity contribution in [1.82, 2.24) is 29.5 Å². The predicted octanol–water partition coefficient (Wildman–Crippen LogP) is 2.03. The lowest BCUT2D eigenvalue weighted by Gasteiger charge is -2.14. The van der Waals surface area contributed by atoms with E-state index in [0.717, 1.165) is 11.3 Å². The summed E-state index contributed by atoms with van der Waals surface area (Å²) in [7, 11) is 1.60. The summed E-state index contributed by atoms with van der Waals surface area (Å²) in [5.41, 5.74) is 1.74. The third-order valence-electron chi connectivity index (χ3n) is 4.41. The van der Waals surface area contributed by atoms with Gasteiger partial charge in [-0.1, -0.05) is 12.1 Å². The van der Waals surface area contributed by atoms with Crippen LogP contribution in [0.5, 0.6) is 11.6 Å². The fourth-order valence-electron chi connectivity index (χ4n) is 2.89. The Morgan fingerprint density at radius 2 is 1.89 bits per heavy atom. The van der Waals surface area contributed by atoms with Crippen LogP contribution in [-0.4, -0.2) is 52.8 Å². The molecule has 0 radical (unpaired) electrons. The number of nitrogens with zero attached hydrogens (tertiary/aromatic N) is 6. The van der Waals surface area contributed by atoms with Crippen LogP contribution in [0.1, 0.15) is 28.9 Å². The molecule has 0 saturated carbocycles. The summed E-state index contributed by atoms with van der Waals surface area (Å²) < 4.78 is 7.99. The molecule has 0 aliphatic carbocycles. The number of hydrogen-bond acceptors (Lipinski definition) is 7. The lowest BCUT2D eigenvalue weighted by atomic mass is 10.1. The SMILES string of the molecule is COc1ccc([C@H](C)n2ncc3nc(-n4cc(C(=O)O)cn4)nc(O)c32)cc1. The molecule has 4 rings (SSSR count). The third-order valence-corrected chi connectivity index (χ3v) is 4.41. The van der Waals surface area contributed by atoms with Crippen LogP contribution in [0.25, 0.3) is 17.0 Å². The second-order valence-corrected chi connectivity index (χ2v) is 6.10. The summed E-state index contributed by atoms with van der Waals surface area (Å²) in [6.07, 6.45) is 3.97. The maximum atomic E-state index is 11.0. The second-order valence-electron chi connectivity index (χ2n) is 6.10. The molecule has 0 unspecified atom stereocenters. The largest absolute Gasteiger partial charge is 0.497 e. The maximum Gasteiger partial charge on any atom is 0.338 e. The highest BCUT2D eigenvalue weighted by Crippen LogP contribution is 2.28. The highest BCUT2D eigenvalue weighted by atomic mass is 16.5. The van der Waals surface area contributed by atoms with Crippen molar-refractivity contribution in [3.8, 4) is 17.6 Å². The van der Waals surface area contributed by atoms with Gasteiger partial charge >= 0.3 is 5.97 Å². The van der Waals surface area contributed by atoms with Gasteiger partial charge in [-0.25, -0.2) is 14.5 Å². The summed E-state index contributed by atoms with van der Waals surface area (Å²) in [5.74, 6) is -0.589. The first-order valence-electron chi connectivity index (χ1n) is 8.34. The van der Waals surface area contributed by atoms with Gasteiger partial charge in [0.2, 0.25) is 5.88 Å². The fourth-order valence-corrected chi connectivity index (χ4v) is 2.89. The lowest BCUT2D eigenvalue weighted by molar-refractivity contribution is 0.0697. The van der Waals surface area contributed by atoms with Crippen LogP contribution in [0.3, 0.4) is 0 Å². The smallest absolute Gasteiger partial charge is 0.338 e. The number of benzene rings is 1. The van der Waals surface area contributed by atoms with Gasteiger partial charge in [-0.3, -0.25) is 4.68 Å². The highest BCUT2D eigenvalue weighted by Gasteiger charge is 2.19. The average molecular weight is 380 g/mol. The molecule has 0 bridgehead atoms. The van der Waals surface area contributed by atoms with Gasteiger partial charge in [-0.05, 0) is 24.6 Å². The summed E-state index contributed by atoms with van der Waals surface area (Å²) in [4.78, 5) is 19.4. The molecule has 1 aromatic carbocycles. The van der Waals surface area contributed by atoms with E-state index >= 15 is 0 Å². The molecular weight excluding hydrogens is 364 g/mol. The number of hydrogen-bond donors (Lipinski definition) is 2. The minimum absolute atomic E-state index is 0.00740. The van der Waals surface area contributed by atoms with E-state index in [1.807, 2.05) is 31.2 Å². The van der Waals surface area contributed by atoms with E-state index in [1.165, 1.54) is 23.3 Å². The van der Waals surface area contributed by atoms with E-state index in [0.29, 0.717) is 11.0 Å². The fraction of sp³-hybridized carbons (Fsp3) is 0.167. The summed E-state index contributed by atoms with van der Waals surface area (Å²) >= 11 is 0. The van der Waals surface area contributed by atoms with E-state index in [1.54, 1.807) is 11.8 Å². The second kappa shape index (κ2) is 6.65. The van der Waals surface area contributed by atoms with E-state index in [-0.39, 0.29) is 23.4 Å². The van der Waals surface area contributed by atoms with Crippen LogP contribution in [0.15, 0.2) is 42.9 Å². The van der Waals surface area contributed by atoms with Gasteiger partial charge in [-0.2, -0.15) is 15.2 Å². The Bertz CT molecular complexity index is 1160. The highest BCUT2D eigenvalue weighted by molar-refractivity contribution is 5.87. The lowest BCUT2D eigenvalue weighted by Crippen LogP contribution is -2.09. The molecule has 1 atom stereocenters. The van der Waals surface area contributed by atoms with Crippen LogP contribution < -0.4 is 4.74 Å². The summed E-state index contributed by atoms with van der Waals surface area (Å²) in [5, 5.41) is 27.8. The van der Waals surface area contributed by atoms with Crippen molar-refractivity contribution in [3.05, 3.63) is 54.0 Å². The number of aromatic nitrogens is 6. The first kappa shape index (κ1) is 17.5. The van der Waals surface area contributed by atoms with Crippen molar-refractivity contribution in [2.24, 2.45) is 0 Å². The molecule has 0 spiro atoms. The van der Waals surface area contributed by atoms with Crippen LogP contribution >= 0.6 is 0 Å². The molecule has 28 heavy (non-hydrogen) atoms. The van der Waals surface area contributed by atoms with Gasteiger partial charge in [0.15, 0.2) is 0 Å². The zero-order valence-corrected chi connectivity index (χ0v) is 15.0. The Hall–Kier alpha value is -3.95. The number of carboxylic acid groups (broad SMARTS) is 1. The molecule has 142 valence electrons. The molecule has 3 aromatic heterocycles. The van der Waals surface area contributed by atoms with Gasteiger partial charge in [0.05, 0.1) is 31.1 Å². The number of ether oxygens (including phenoxy) is 1. The minimum Gasteiger partial charge on any atom is -0.497 e. The Kier molecular flexibility index (Phi) is 4.15. The maximum absolute atomic E-state index is 11.0. The molecular formula is C18H16N6O4. The van der Waals surface area contributed by atoms with Crippen molar-refractivity contribution in [2.75, 3.05) is 7.11 Å². The predicted molar refractivity (Wildman–Crippen MR) is 97.9 cm³/mol. The van der Waals surface area contributed by atoms with Crippen LogP contribution in [0.4, 0.5) is 0 Å². The van der Waals surface area contributed by atoms with Crippen molar-refractivity contribution in [3.63, 3.8) is 0 Å². The Morgan fingerprint density at radius 1 is 1.14 bits per heavy atom. The Balaban J connectivity index is 1.74. The molecule has 0 saturated heterocycles. The zero-order valence-electron chi connectivity index (χ0n) is 15.0. The van der Waals surface area contributed by atoms with Crippen molar-refractivity contribution < 1.29 is 19.7 Å². The summed E-state index contributed by atoms with van der Waals surface area (Å²) in [6.45, 7) is 1.94. The van der Waals surface area contributed by atoms with Crippen LogP contribution in [-0.2, 0) is 0 Å². The van der Waals surface area contributed by atoms with E-state index in [9.17, 15) is 9.90 Å². The Labute approximate surface area is 158 Å². The van der Waals surface area contributed by atoms with Gasteiger partial charge < -0.3 is 14.9 Å². The molecule has 0 fully saturated rings. The molecule has 10 nitrogen and oxygen atoms in total. The minimum atomic E-state index is -1.11. The number of aromatic hydroxyl groups is 1. The third kappa shape index (κ3) is 2.90. The molecule has 10 heteroatoms.